The van der Waals surface area contributed by atoms with Crippen molar-refractivity contribution in [3.8, 4) is 0 Å². The molecule has 0 aromatic carbocycles. The lowest BCUT2D eigenvalue weighted by atomic mass is 9.84. The number of allylic oxidation sites excluding steroid dienone is 1. The van der Waals surface area contributed by atoms with Crippen molar-refractivity contribution in [1.29, 1.82) is 0 Å². The normalized spacial score (nSPS) is 25.7. The first-order valence-corrected chi connectivity index (χ1v) is 8.31. The number of carbonyl (C=O) groups is 2. The molecule has 0 radical (unpaired) electrons. The molecule has 0 amide bonds. The van der Waals surface area contributed by atoms with E-state index >= 15 is 0 Å². The second-order valence-electron chi connectivity index (χ2n) is 5.85. The zero-order valence-electron chi connectivity index (χ0n) is 13.9. The maximum atomic E-state index is 12.2. The highest BCUT2D eigenvalue weighted by atomic mass is 16.7. The van der Waals surface area contributed by atoms with Crippen molar-refractivity contribution in [3.63, 3.8) is 0 Å². The van der Waals surface area contributed by atoms with Gasteiger partial charge in [0.1, 0.15) is 0 Å². The molecule has 2 fully saturated rings. The largest absolute Gasteiger partial charge is 0.465 e. The third kappa shape index (κ3) is 3.75. The number of hydrogen-bond donors (Lipinski definition) is 0. The van der Waals surface area contributed by atoms with Gasteiger partial charge in [0.15, 0.2) is 11.7 Å². The van der Waals surface area contributed by atoms with Crippen LogP contribution in [0.1, 0.15) is 33.1 Å². The van der Waals surface area contributed by atoms with E-state index in [1.807, 2.05) is 6.08 Å². The molecule has 6 nitrogen and oxygen atoms in total. The molecule has 2 rings (SSSR count). The number of esters is 2. The zero-order chi connectivity index (χ0) is 16.9. The average Bonchev–Trinajstić information content (AvgIpc) is 3.13. The van der Waals surface area contributed by atoms with Crippen LogP contribution in [-0.2, 0) is 28.5 Å². The predicted molar refractivity (Wildman–Crippen MR) is 82.4 cm³/mol. The molecule has 1 aliphatic heterocycles. The minimum Gasteiger partial charge on any atom is -0.465 e. The highest BCUT2D eigenvalue weighted by molar-refractivity contribution is 5.94. The minimum absolute atomic E-state index is 0.110. The maximum Gasteiger partial charge on any atom is 0.320 e. The lowest BCUT2D eigenvalue weighted by Gasteiger charge is -2.32. The van der Waals surface area contributed by atoms with Crippen LogP contribution >= 0.6 is 0 Å². The van der Waals surface area contributed by atoms with Crippen molar-refractivity contribution in [1.82, 2.24) is 0 Å². The first-order valence-electron chi connectivity index (χ1n) is 8.31. The van der Waals surface area contributed by atoms with E-state index < -0.39 is 23.6 Å². The molecule has 0 bridgehead atoms. The van der Waals surface area contributed by atoms with Crippen LogP contribution < -0.4 is 0 Å². The van der Waals surface area contributed by atoms with Crippen molar-refractivity contribution >= 4 is 11.9 Å². The molecule has 0 aromatic heterocycles. The number of ether oxygens (including phenoxy) is 4. The molecule has 1 aliphatic carbocycles. The molecule has 0 N–H and O–H groups in total. The molecule has 1 saturated carbocycles. The lowest BCUT2D eigenvalue weighted by Crippen LogP contribution is -2.40. The minimum atomic E-state index is -0.954. The summed E-state index contributed by atoms with van der Waals surface area (Å²) in [6.07, 6.45) is 3.76. The third-order valence-electron chi connectivity index (χ3n) is 4.62. The molecule has 2 atom stereocenters. The van der Waals surface area contributed by atoms with Gasteiger partial charge in [0.2, 0.25) is 0 Å². The first-order chi connectivity index (χ1) is 11.1. The molecule has 0 aromatic rings. The van der Waals surface area contributed by atoms with Gasteiger partial charge in [-0.05, 0) is 32.6 Å². The summed E-state index contributed by atoms with van der Waals surface area (Å²) in [7, 11) is 0. The van der Waals surface area contributed by atoms with Gasteiger partial charge in [-0.25, -0.2) is 0 Å². The van der Waals surface area contributed by atoms with Crippen molar-refractivity contribution in [2.75, 3.05) is 26.4 Å². The van der Waals surface area contributed by atoms with E-state index in [1.54, 1.807) is 13.8 Å². The molecule has 1 heterocycles. The first kappa shape index (κ1) is 17.9. The Kier molecular flexibility index (Phi) is 6.18. The van der Waals surface area contributed by atoms with Crippen LogP contribution in [0.3, 0.4) is 0 Å². The van der Waals surface area contributed by atoms with Gasteiger partial charge in [-0.15, -0.1) is 6.58 Å². The Morgan fingerprint density at radius 1 is 1.22 bits per heavy atom. The molecule has 130 valence electrons. The van der Waals surface area contributed by atoms with E-state index in [4.69, 9.17) is 18.9 Å². The molecule has 1 spiro atoms. The van der Waals surface area contributed by atoms with Gasteiger partial charge < -0.3 is 18.9 Å². The summed E-state index contributed by atoms with van der Waals surface area (Å²) >= 11 is 0. The topological polar surface area (TPSA) is 71.1 Å². The second kappa shape index (κ2) is 7.93. The summed E-state index contributed by atoms with van der Waals surface area (Å²) in [5.74, 6) is -2.73. The fourth-order valence-corrected chi connectivity index (χ4v) is 3.57. The quantitative estimate of drug-likeness (QED) is 0.405. The highest BCUT2D eigenvalue weighted by Gasteiger charge is 2.53. The predicted octanol–water partition coefficient (Wildman–Crippen LogP) is 2.07. The summed E-state index contributed by atoms with van der Waals surface area (Å²) in [4.78, 5) is 24.4. The van der Waals surface area contributed by atoms with E-state index in [2.05, 4.69) is 6.58 Å². The number of hydrogen-bond acceptors (Lipinski definition) is 6. The Morgan fingerprint density at radius 2 is 1.78 bits per heavy atom. The van der Waals surface area contributed by atoms with Crippen LogP contribution in [0.4, 0.5) is 0 Å². The highest BCUT2D eigenvalue weighted by Crippen LogP contribution is 2.49. The summed E-state index contributed by atoms with van der Waals surface area (Å²) in [5.41, 5.74) is 0. The van der Waals surface area contributed by atoms with Gasteiger partial charge in [0, 0.05) is 12.3 Å². The maximum absolute atomic E-state index is 12.2. The summed E-state index contributed by atoms with van der Waals surface area (Å²) in [5, 5.41) is 0. The fraction of sp³-hybridized carbons (Fsp3) is 0.765. The molecular formula is C17H26O6. The Bertz CT molecular complexity index is 422. The smallest absolute Gasteiger partial charge is 0.320 e. The summed E-state index contributed by atoms with van der Waals surface area (Å²) in [6, 6.07) is 0. The van der Waals surface area contributed by atoms with Crippen molar-refractivity contribution in [3.05, 3.63) is 12.7 Å². The average molecular weight is 326 g/mol. The van der Waals surface area contributed by atoms with Crippen molar-refractivity contribution in [2.45, 2.75) is 38.9 Å². The van der Waals surface area contributed by atoms with Gasteiger partial charge in [-0.2, -0.15) is 0 Å². The second-order valence-corrected chi connectivity index (χ2v) is 5.85. The van der Waals surface area contributed by atoms with E-state index in [-0.39, 0.29) is 31.5 Å². The molecule has 6 heteroatoms. The van der Waals surface area contributed by atoms with Crippen molar-refractivity contribution in [2.24, 2.45) is 17.8 Å². The Morgan fingerprint density at radius 3 is 2.26 bits per heavy atom. The molecule has 1 saturated heterocycles. The van der Waals surface area contributed by atoms with E-state index in [1.165, 1.54) is 0 Å². The Hall–Kier alpha value is -1.40. The van der Waals surface area contributed by atoms with E-state index in [0.717, 1.165) is 12.8 Å². The Balaban J connectivity index is 2.19. The van der Waals surface area contributed by atoms with Gasteiger partial charge in [-0.1, -0.05) is 6.08 Å². The lowest BCUT2D eigenvalue weighted by molar-refractivity contribution is -0.192. The van der Waals surface area contributed by atoms with Gasteiger partial charge in [0.05, 0.1) is 26.4 Å². The standard InChI is InChI=1S/C17H26O6/c1-4-12-7-8-17(22-9-10-23-17)14(12)11-13(15(18)20-5-2)16(19)21-6-3/h4,12-14H,1,5-11H2,2-3H3/t12-,14+/m1/s1. The van der Waals surface area contributed by atoms with Crippen LogP contribution in [0.2, 0.25) is 0 Å². The monoisotopic (exact) mass is 326 g/mol. The molecule has 0 unspecified atom stereocenters. The Labute approximate surface area is 137 Å². The van der Waals surface area contributed by atoms with Gasteiger partial charge in [-0.3, -0.25) is 9.59 Å². The van der Waals surface area contributed by atoms with Crippen LogP contribution in [0.5, 0.6) is 0 Å². The van der Waals surface area contributed by atoms with Crippen LogP contribution in [-0.4, -0.2) is 44.2 Å². The third-order valence-corrected chi connectivity index (χ3v) is 4.62. The van der Waals surface area contributed by atoms with Gasteiger partial charge in [0.25, 0.3) is 0 Å². The van der Waals surface area contributed by atoms with Crippen molar-refractivity contribution < 1.29 is 28.5 Å². The number of carbonyl (C=O) groups excluding carboxylic acids is 2. The molecule has 23 heavy (non-hydrogen) atoms. The van der Waals surface area contributed by atoms with Crippen LogP contribution in [0.15, 0.2) is 12.7 Å². The van der Waals surface area contributed by atoms with Crippen LogP contribution in [0, 0.1) is 17.8 Å². The van der Waals surface area contributed by atoms with Gasteiger partial charge >= 0.3 is 11.9 Å². The van der Waals surface area contributed by atoms with Crippen LogP contribution in [0.25, 0.3) is 0 Å². The molecular weight excluding hydrogens is 300 g/mol. The number of rotatable bonds is 7. The summed E-state index contributed by atoms with van der Waals surface area (Å²) < 4.78 is 21.8. The SMILES string of the molecule is C=C[C@@H]1CCC2(OCCO2)[C@H]1CC(C(=O)OCC)C(=O)OCC. The molecule has 2 aliphatic rings. The summed E-state index contributed by atoms with van der Waals surface area (Å²) in [6.45, 7) is 8.82. The fourth-order valence-electron chi connectivity index (χ4n) is 3.57. The van der Waals surface area contributed by atoms with E-state index in [0.29, 0.717) is 13.2 Å². The van der Waals surface area contributed by atoms with E-state index in [9.17, 15) is 9.59 Å². The zero-order valence-corrected chi connectivity index (χ0v) is 13.9.